The standard InChI is InChI=1S/C9H14O2/c1-2-5-8(10)9(11)6-3-4-7-9/h2,11H,1,3-7H2. The van der Waals surface area contributed by atoms with Gasteiger partial charge in [0, 0.05) is 6.42 Å². The fourth-order valence-corrected chi connectivity index (χ4v) is 1.56. The number of aliphatic hydroxyl groups is 1. The lowest BCUT2D eigenvalue weighted by molar-refractivity contribution is -0.135. The van der Waals surface area contributed by atoms with Gasteiger partial charge in [0.25, 0.3) is 0 Å². The molecule has 0 heterocycles. The van der Waals surface area contributed by atoms with Gasteiger partial charge in [-0.05, 0) is 25.7 Å². The van der Waals surface area contributed by atoms with Gasteiger partial charge in [0.15, 0.2) is 5.78 Å². The Kier molecular flexibility index (Phi) is 2.45. The predicted octanol–water partition coefficient (Wildman–Crippen LogP) is 1.44. The highest BCUT2D eigenvalue weighted by Gasteiger charge is 2.37. The quantitative estimate of drug-likeness (QED) is 0.624. The van der Waals surface area contributed by atoms with Gasteiger partial charge >= 0.3 is 0 Å². The van der Waals surface area contributed by atoms with Crippen LogP contribution in [0.3, 0.4) is 0 Å². The Labute approximate surface area is 66.9 Å². The monoisotopic (exact) mass is 154 g/mol. The molecule has 0 atom stereocenters. The second kappa shape index (κ2) is 3.18. The van der Waals surface area contributed by atoms with Crippen molar-refractivity contribution in [2.45, 2.75) is 37.7 Å². The number of carbonyl (C=O) groups excluding carboxylic acids is 1. The fraction of sp³-hybridized carbons (Fsp3) is 0.667. The molecule has 11 heavy (non-hydrogen) atoms. The lowest BCUT2D eigenvalue weighted by atomic mass is 9.94. The number of carbonyl (C=O) groups is 1. The molecule has 0 saturated heterocycles. The van der Waals surface area contributed by atoms with Crippen LogP contribution in [0.2, 0.25) is 0 Å². The number of hydrogen-bond acceptors (Lipinski definition) is 2. The van der Waals surface area contributed by atoms with Crippen LogP contribution in [0.4, 0.5) is 0 Å². The average molecular weight is 154 g/mol. The molecule has 0 amide bonds. The van der Waals surface area contributed by atoms with Crippen molar-refractivity contribution in [3.05, 3.63) is 12.7 Å². The third kappa shape index (κ3) is 1.69. The van der Waals surface area contributed by atoms with E-state index in [9.17, 15) is 9.90 Å². The summed E-state index contributed by atoms with van der Waals surface area (Å²) in [6.07, 6.45) is 5.08. The van der Waals surface area contributed by atoms with Gasteiger partial charge in [-0.1, -0.05) is 6.08 Å². The molecule has 62 valence electrons. The van der Waals surface area contributed by atoms with Crippen LogP contribution < -0.4 is 0 Å². The molecule has 1 aliphatic carbocycles. The second-order valence-corrected chi connectivity index (χ2v) is 3.15. The molecule has 0 aliphatic heterocycles. The van der Waals surface area contributed by atoms with Crippen molar-refractivity contribution in [2.24, 2.45) is 0 Å². The van der Waals surface area contributed by atoms with Crippen LogP contribution in [0.1, 0.15) is 32.1 Å². The van der Waals surface area contributed by atoms with Crippen LogP contribution in [0.25, 0.3) is 0 Å². The summed E-state index contributed by atoms with van der Waals surface area (Å²) in [6.45, 7) is 3.47. The van der Waals surface area contributed by atoms with Gasteiger partial charge in [-0.15, -0.1) is 6.58 Å². The molecular weight excluding hydrogens is 140 g/mol. The van der Waals surface area contributed by atoms with E-state index in [1.54, 1.807) is 6.08 Å². The molecule has 0 aromatic heterocycles. The van der Waals surface area contributed by atoms with Crippen LogP contribution in [0.15, 0.2) is 12.7 Å². The van der Waals surface area contributed by atoms with Crippen LogP contribution in [0, 0.1) is 0 Å². The number of rotatable bonds is 3. The number of hydrogen-bond donors (Lipinski definition) is 1. The second-order valence-electron chi connectivity index (χ2n) is 3.15. The number of ketones is 1. The zero-order valence-electron chi connectivity index (χ0n) is 6.68. The molecule has 2 nitrogen and oxygen atoms in total. The third-order valence-corrected chi connectivity index (χ3v) is 2.28. The largest absolute Gasteiger partial charge is 0.382 e. The topological polar surface area (TPSA) is 37.3 Å². The van der Waals surface area contributed by atoms with Crippen molar-refractivity contribution < 1.29 is 9.90 Å². The van der Waals surface area contributed by atoms with Crippen molar-refractivity contribution in [3.8, 4) is 0 Å². The molecule has 0 aromatic rings. The molecule has 0 radical (unpaired) electrons. The zero-order chi connectivity index (χ0) is 8.32. The van der Waals surface area contributed by atoms with E-state index >= 15 is 0 Å². The molecule has 0 bridgehead atoms. The van der Waals surface area contributed by atoms with Crippen molar-refractivity contribution in [1.29, 1.82) is 0 Å². The van der Waals surface area contributed by atoms with Crippen molar-refractivity contribution in [1.82, 2.24) is 0 Å². The lowest BCUT2D eigenvalue weighted by Crippen LogP contribution is -2.34. The highest BCUT2D eigenvalue weighted by Crippen LogP contribution is 2.30. The highest BCUT2D eigenvalue weighted by atomic mass is 16.3. The Balaban J connectivity index is 2.55. The Morgan fingerprint density at radius 3 is 2.55 bits per heavy atom. The maximum Gasteiger partial charge on any atom is 0.168 e. The summed E-state index contributed by atoms with van der Waals surface area (Å²) in [5, 5.41) is 9.69. The van der Waals surface area contributed by atoms with E-state index in [-0.39, 0.29) is 5.78 Å². The summed E-state index contributed by atoms with van der Waals surface area (Å²) < 4.78 is 0. The minimum atomic E-state index is -1.01. The molecule has 0 aromatic carbocycles. The third-order valence-electron chi connectivity index (χ3n) is 2.28. The van der Waals surface area contributed by atoms with E-state index < -0.39 is 5.60 Å². The maximum absolute atomic E-state index is 11.2. The Morgan fingerprint density at radius 2 is 2.09 bits per heavy atom. The summed E-state index contributed by atoms with van der Waals surface area (Å²) in [5.41, 5.74) is -1.01. The van der Waals surface area contributed by atoms with Crippen LogP contribution >= 0.6 is 0 Å². The van der Waals surface area contributed by atoms with E-state index in [4.69, 9.17) is 0 Å². The van der Waals surface area contributed by atoms with E-state index in [0.29, 0.717) is 19.3 Å². The maximum atomic E-state index is 11.2. The fourth-order valence-electron chi connectivity index (χ4n) is 1.56. The smallest absolute Gasteiger partial charge is 0.168 e. The normalized spacial score (nSPS) is 21.5. The first-order valence-electron chi connectivity index (χ1n) is 4.05. The molecule has 1 N–H and O–H groups in total. The van der Waals surface area contributed by atoms with Crippen LogP contribution in [0.5, 0.6) is 0 Å². The van der Waals surface area contributed by atoms with E-state index in [1.165, 1.54) is 0 Å². The van der Waals surface area contributed by atoms with E-state index in [1.807, 2.05) is 0 Å². The molecule has 1 rings (SSSR count). The molecular formula is C9H14O2. The minimum Gasteiger partial charge on any atom is -0.382 e. The molecule has 2 heteroatoms. The molecule has 1 saturated carbocycles. The van der Waals surface area contributed by atoms with E-state index in [2.05, 4.69) is 6.58 Å². The Hall–Kier alpha value is -0.630. The van der Waals surface area contributed by atoms with Gasteiger partial charge in [0.2, 0.25) is 0 Å². The first-order valence-corrected chi connectivity index (χ1v) is 4.05. The van der Waals surface area contributed by atoms with Gasteiger partial charge in [-0.3, -0.25) is 4.79 Å². The van der Waals surface area contributed by atoms with E-state index in [0.717, 1.165) is 12.8 Å². The first kappa shape index (κ1) is 8.47. The van der Waals surface area contributed by atoms with Gasteiger partial charge < -0.3 is 5.11 Å². The van der Waals surface area contributed by atoms with Gasteiger partial charge in [0.1, 0.15) is 5.60 Å². The average Bonchev–Trinajstić information content (AvgIpc) is 2.38. The van der Waals surface area contributed by atoms with Gasteiger partial charge in [-0.25, -0.2) is 0 Å². The van der Waals surface area contributed by atoms with Crippen molar-refractivity contribution >= 4 is 5.78 Å². The van der Waals surface area contributed by atoms with Gasteiger partial charge in [-0.2, -0.15) is 0 Å². The van der Waals surface area contributed by atoms with Crippen molar-refractivity contribution in [3.63, 3.8) is 0 Å². The summed E-state index contributed by atoms with van der Waals surface area (Å²) in [5.74, 6) is -0.0648. The Bertz CT molecular complexity index is 166. The molecule has 1 aliphatic rings. The molecule has 1 fully saturated rings. The van der Waals surface area contributed by atoms with Gasteiger partial charge in [0.05, 0.1) is 0 Å². The first-order chi connectivity index (χ1) is 5.19. The number of allylic oxidation sites excluding steroid dienone is 1. The zero-order valence-corrected chi connectivity index (χ0v) is 6.68. The predicted molar refractivity (Wildman–Crippen MR) is 43.2 cm³/mol. The summed E-state index contributed by atoms with van der Waals surface area (Å²) in [6, 6.07) is 0. The Morgan fingerprint density at radius 1 is 1.55 bits per heavy atom. The molecule has 0 unspecified atom stereocenters. The minimum absolute atomic E-state index is 0.0648. The van der Waals surface area contributed by atoms with Crippen molar-refractivity contribution in [2.75, 3.05) is 0 Å². The summed E-state index contributed by atoms with van der Waals surface area (Å²) >= 11 is 0. The molecule has 0 spiro atoms. The summed E-state index contributed by atoms with van der Waals surface area (Å²) in [4.78, 5) is 11.2. The highest BCUT2D eigenvalue weighted by molar-refractivity contribution is 5.88. The SMILES string of the molecule is C=CCC(=O)C1(O)CCCC1. The van der Waals surface area contributed by atoms with Crippen LogP contribution in [-0.2, 0) is 4.79 Å². The van der Waals surface area contributed by atoms with Crippen LogP contribution in [-0.4, -0.2) is 16.5 Å². The lowest BCUT2D eigenvalue weighted by Gasteiger charge is -2.18. The number of Topliss-reactive ketones (excluding diaryl/α,β-unsaturated/α-hetero) is 1. The summed E-state index contributed by atoms with van der Waals surface area (Å²) in [7, 11) is 0.